The average molecular weight is 835 g/mol. The van der Waals surface area contributed by atoms with Gasteiger partial charge < -0.3 is 54.3 Å². The summed E-state index contributed by atoms with van der Waals surface area (Å²) in [7, 11) is 1.43. The maximum absolute atomic E-state index is 14.5. The number of phenolic OH excluding ortho intramolecular Hbond substituents is 2. The van der Waals surface area contributed by atoms with Crippen molar-refractivity contribution in [2.45, 2.75) is 85.6 Å². The molecule has 3 heterocycles. The molecule has 0 radical (unpaired) electrons. The number of Topliss-reactive ketones (excluding diaryl/α,β-unsaturated/α-hetero) is 1. The van der Waals surface area contributed by atoms with Crippen LogP contribution in [0.4, 0.5) is 5.69 Å². The van der Waals surface area contributed by atoms with E-state index >= 15 is 0 Å². The van der Waals surface area contributed by atoms with Crippen LogP contribution in [0, 0.1) is 30.6 Å². The van der Waals surface area contributed by atoms with Crippen LogP contribution >= 0.6 is 0 Å². The fourth-order valence-electron chi connectivity index (χ4n) is 7.57. The highest BCUT2D eigenvalue weighted by Gasteiger charge is 2.49. The number of rotatable bonds is 9. The third-order valence-electron chi connectivity index (χ3n) is 11.2. The fraction of sp³-hybridized carbons (Fsp3) is 0.467. The number of amides is 2. The van der Waals surface area contributed by atoms with Gasteiger partial charge in [0, 0.05) is 80.3 Å². The molecule has 0 fully saturated rings. The number of ketones is 1. The zero-order chi connectivity index (χ0) is 44.8. The van der Waals surface area contributed by atoms with Crippen molar-refractivity contribution in [3.05, 3.63) is 78.6 Å². The predicted molar refractivity (Wildman–Crippen MR) is 225 cm³/mol. The Labute approximate surface area is 350 Å². The van der Waals surface area contributed by atoms with Crippen LogP contribution in [0.3, 0.4) is 0 Å². The number of carbonyl (C=O) groups excluding carboxylic acids is 4. The van der Waals surface area contributed by atoms with Crippen LogP contribution in [0.2, 0.25) is 0 Å². The lowest BCUT2D eigenvalue weighted by atomic mass is 9.78. The molecule has 5 N–H and O–H groups in total. The Morgan fingerprint density at radius 3 is 2.22 bits per heavy atom. The monoisotopic (exact) mass is 834 g/mol. The van der Waals surface area contributed by atoms with Gasteiger partial charge >= 0.3 is 11.8 Å². The Morgan fingerprint density at radius 1 is 0.967 bits per heavy atom. The van der Waals surface area contributed by atoms with Crippen molar-refractivity contribution in [1.29, 1.82) is 0 Å². The molecule has 0 aromatic heterocycles. The van der Waals surface area contributed by atoms with Crippen molar-refractivity contribution in [3.63, 3.8) is 0 Å². The largest absolute Gasteiger partial charge is 0.507 e. The van der Waals surface area contributed by atoms with Crippen LogP contribution < -0.4 is 14.8 Å². The minimum Gasteiger partial charge on any atom is -0.507 e. The summed E-state index contributed by atoms with van der Waals surface area (Å²) in [6, 6.07) is 1.24. The summed E-state index contributed by atoms with van der Waals surface area (Å²) >= 11 is 0. The number of aliphatic hydroxyl groups is 2. The van der Waals surface area contributed by atoms with Gasteiger partial charge in [-0.2, -0.15) is 0 Å². The van der Waals surface area contributed by atoms with Crippen LogP contribution in [0.5, 0.6) is 23.0 Å². The summed E-state index contributed by atoms with van der Waals surface area (Å²) in [6.45, 7) is 19.7. The molecule has 3 aliphatic heterocycles. The Morgan fingerprint density at radius 2 is 1.62 bits per heavy atom. The number of methoxy groups -OCH3 is 1. The van der Waals surface area contributed by atoms with Crippen LogP contribution in [-0.2, 0) is 28.6 Å². The second-order valence-electron chi connectivity index (χ2n) is 15.6. The van der Waals surface area contributed by atoms with Gasteiger partial charge in [-0.15, -0.1) is 13.2 Å². The number of anilines is 1. The van der Waals surface area contributed by atoms with Gasteiger partial charge in [0.05, 0.1) is 41.2 Å². The molecule has 9 atom stereocenters. The van der Waals surface area contributed by atoms with Crippen molar-refractivity contribution in [2.24, 2.45) is 23.7 Å². The van der Waals surface area contributed by atoms with E-state index in [1.54, 1.807) is 39.8 Å². The van der Waals surface area contributed by atoms with Crippen LogP contribution in [-0.4, -0.2) is 106 Å². The van der Waals surface area contributed by atoms with Crippen molar-refractivity contribution < 1.29 is 63.3 Å². The number of nitrogens with zero attached hydrogens (tertiary/aromatic N) is 1. The van der Waals surface area contributed by atoms with E-state index in [2.05, 4.69) is 18.5 Å². The van der Waals surface area contributed by atoms with Crippen molar-refractivity contribution in [3.8, 4) is 23.0 Å². The highest BCUT2D eigenvalue weighted by molar-refractivity contribution is 6.21. The summed E-state index contributed by atoms with van der Waals surface area (Å²) in [4.78, 5) is 55.1. The number of aromatic hydroxyl groups is 2. The summed E-state index contributed by atoms with van der Waals surface area (Å²) in [5, 5.41) is 48.4. The molecular weight excluding hydrogens is 776 g/mol. The third-order valence-corrected chi connectivity index (χ3v) is 11.2. The first kappa shape index (κ1) is 47.0. The number of fused-ring (bicyclic) bond motifs is 14. The Balaban J connectivity index is 1.94. The Bertz CT molecular complexity index is 2080. The molecule has 0 saturated carbocycles. The summed E-state index contributed by atoms with van der Waals surface area (Å²) in [5.41, 5.74) is -0.0962. The van der Waals surface area contributed by atoms with E-state index < -0.39 is 95.5 Å². The van der Waals surface area contributed by atoms with E-state index in [1.807, 2.05) is 0 Å². The number of benzene rings is 2. The van der Waals surface area contributed by atoms with Crippen LogP contribution in [0.15, 0.2) is 67.5 Å². The lowest BCUT2D eigenvalue weighted by Gasteiger charge is -2.38. The molecule has 2 aromatic carbocycles. The molecule has 0 aliphatic carbocycles. The Hall–Kier alpha value is -5.64. The molecule has 15 heteroatoms. The van der Waals surface area contributed by atoms with E-state index in [0.29, 0.717) is 0 Å². The molecule has 5 bridgehead atoms. The quantitative estimate of drug-likeness (QED) is 0.118. The average Bonchev–Trinajstić information content (AvgIpc) is 3.47. The van der Waals surface area contributed by atoms with Gasteiger partial charge in [-0.25, -0.2) is 0 Å². The van der Waals surface area contributed by atoms with Gasteiger partial charge in [-0.05, 0) is 19.9 Å². The lowest BCUT2D eigenvalue weighted by Crippen LogP contribution is -2.46. The zero-order valence-electron chi connectivity index (χ0n) is 35.7. The highest BCUT2D eigenvalue weighted by atomic mass is 16.7. The van der Waals surface area contributed by atoms with Crippen LogP contribution in [0.25, 0.3) is 10.8 Å². The fourth-order valence-corrected chi connectivity index (χ4v) is 7.57. The number of esters is 1. The number of phenols is 2. The van der Waals surface area contributed by atoms with E-state index in [9.17, 15) is 39.6 Å². The molecule has 2 aromatic rings. The van der Waals surface area contributed by atoms with Crippen molar-refractivity contribution >= 4 is 40.0 Å². The second-order valence-corrected chi connectivity index (χ2v) is 15.6. The zero-order valence-corrected chi connectivity index (χ0v) is 35.7. The molecule has 0 spiro atoms. The smallest absolute Gasteiger partial charge is 0.312 e. The number of carbonyl (C=O) groups is 4. The lowest BCUT2D eigenvalue weighted by molar-refractivity contribution is -0.160. The molecule has 15 nitrogen and oxygen atoms in total. The van der Waals surface area contributed by atoms with E-state index in [0.717, 1.165) is 0 Å². The standard InChI is InChI=1S/C45H58N2O13/c1-12-18-47(19-13-2)33(49)22-57-32-21-30-40(53)35-34(32)36-42(28(8)39(35)52)60-45(10,43(36)54)58-20-17-31(56-11)25(5)41(59-29(9)48)27(7)38(51)26(6)37(50)23(3)15-14-16-24(4)44(55)46-30/h12-17,20-21,23,25-27,31,37-38,41,50-53H,1-2,18-19,22H2,3-11H3,(H,46,55)/b15-14-,20-17-,24-16-. The number of hydrogen-bond donors (Lipinski definition) is 5. The molecule has 0 saturated heterocycles. The molecule has 326 valence electrons. The summed E-state index contributed by atoms with van der Waals surface area (Å²) < 4.78 is 29.7. The van der Waals surface area contributed by atoms with Gasteiger partial charge in [0.1, 0.15) is 23.4 Å². The predicted octanol–water partition coefficient (Wildman–Crippen LogP) is 5.63. The Kier molecular flexibility index (Phi) is 15.4. The number of ether oxygens (including phenoxy) is 5. The molecular formula is C45H58N2O13. The van der Waals surface area contributed by atoms with Gasteiger partial charge in [0.15, 0.2) is 12.4 Å². The second kappa shape index (κ2) is 19.6. The molecule has 5 rings (SSSR count). The molecule has 3 aliphatic rings. The topological polar surface area (TPSA) is 211 Å². The maximum atomic E-state index is 14.5. The number of aliphatic hydroxyl groups excluding tert-OH is 2. The first-order valence-electron chi connectivity index (χ1n) is 19.7. The van der Waals surface area contributed by atoms with E-state index in [-0.39, 0.29) is 57.7 Å². The van der Waals surface area contributed by atoms with Crippen LogP contribution in [0.1, 0.15) is 64.4 Å². The van der Waals surface area contributed by atoms with Gasteiger partial charge in [-0.3, -0.25) is 19.2 Å². The minimum absolute atomic E-state index is 0.0588. The number of hydrogen-bond acceptors (Lipinski definition) is 13. The number of allylic oxidation sites excluding steroid dienone is 2. The SMILES string of the molecule is C=CCN(CC=C)C(=O)COc1cc2c(O)c3c(O)c(C)c4c(c13)C(=O)C(C)(O/C=C\C(OC)C(C)C(OC(C)=O)C(C)C(O)C(C)C(O)C(C)/C=C\C=C(\C)C(=O)N2)O4. The summed E-state index contributed by atoms with van der Waals surface area (Å²) in [5.74, 6) is -8.34. The molecule has 60 heavy (non-hydrogen) atoms. The van der Waals surface area contributed by atoms with Crippen molar-refractivity contribution in [1.82, 2.24) is 4.90 Å². The van der Waals surface area contributed by atoms with Gasteiger partial charge in [-0.1, -0.05) is 58.1 Å². The van der Waals surface area contributed by atoms with E-state index in [1.165, 1.54) is 76.3 Å². The third kappa shape index (κ3) is 9.69. The first-order valence-corrected chi connectivity index (χ1v) is 19.7. The van der Waals surface area contributed by atoms with Gasteiger partial charge in [0.2, 0.25) is 0 Å². The molecule has 9 unspecified atom stereocenters. The highest BCUT2D eigenvalue weighted by Crippen LogP contribution is 2.54. The maximum Gasteiger partial charge on any atom is 0.312 e. The minimum atomic E-state index is -2.05. The normalized spacial score (nSPS) is 29.4. The van der Waals surface area contributed by atoms with Crippen molar-refractivity contribution in [2.75, 3.05) is 32.1 Å². The first-order chi connectivity index (χ1) is 28.2. The van der Waals surface area contributed by atoms with E-state index in [4.69, 9.17) is 23.7 Å². The van der Waals surface area contributed by atoms with Gasteiger partial charge in [0.25, 0.3) is 17.6 Å². The molecule has 2 amide bonds. The summed E-state index contributed by atoms with van der Waals surface area (Å²) in [6.07, 6.45) is 6.58. The number of nitrogens with one attached hydrogen (secondary N) is 1.